The van der Waals surface area contributed by atoms with Gasteiger partial charge in [0.2, 0.25) is 5.95 Å². The molecule has 2 aromatic heterocycles. The van der Waals surface area contributed by atoms with Crippen LogP contribution in [0.1, 0.15) is 10.5 Å². The number of ether oxygens (including phenoxy) is 1. The van der Waals surface area contributed by atoms with Crippen molar-refractivity contribution >= 4 is 17.5 Å². The number of carbonyl (C=O) groups is 1. The minimum atomic E-state index is -0.282. The normalized spacial score (nSPS) is 10.5. The Hall–Kier alpha value is -3.42. The summed E-state index contributed by atoms with van der Waals surface area (Å²) >= 11 is 0. The standard InChI is InChI=1S/C18H20N6O2/c1-23(2)18-19-10-13(11-20-18)21-17(25)16-9-15(22-24(16)3)12-6-5-7-14(8-12)26-4/h5-11H,1-4H3,(H,21,25). The second kappa shape index (κ2) is 7.22. The summed E-state index contributed by atoms with van der Waals surface area (Å²) in [4.78, 5) is 22.7. The van der Waals surface area contributed by atoms with E-state index in [1.54, 1.807) is 42.2 Å². The molecule has 134 valence electrons. The molecular formula is C18H20N6O2. The summed E-state index contributed by atoms with van der Waals surface area (Å²) in [5, 5.41) is 7.20. The van der Waals surface area contributed by atoms with Gasteiger partial charge in [-0.15, -0.1) is 0 Å². The van der Waals surface area contributed by atoms with Crippen molar-refractivity contribution in [3.05, 3.63) is 48.4 Å². The van der Waals surface area contributed by atoms with Crippen molar-refractivity contribution < 1.29 is 9.53 Å². The maximum atomic E-state index is 12.6. The summed E-state index contributed by atoms with van der Waals surface area (Å²) in [6.07, 6.45) is 3.14. The van der Waals surface area contributed by atoms with E-state index in [-0.39, 0.29) is 5.91 Å². The molecular weight excluding hydrogens is 332 g/mol. The molecule has 1 amide bonds. The monoisotopic (exact) mass is 352 g/mol. The highest BCUT2D eigenvalue weighted by molar-refractivity contribution is 6.03. The van der Waals surface area contributed by atoms with E-state index in [2.05, 4.69) is 20.4 Å². The number of amides is 1. The number of hydrogen-bond acceptors (Lipinski definition) is 6. The third-order valence-electron chi connectivity index (χ3n) is 3.77. The largest absolute Gasteiger partial charge is 0.497 e. The summed E-state index contributed by atoms with van der Waals surface area (Å²) in [6, 6.07) is 9.26. The molecule has 1 aromatic carbocycles. The fraction of sp³-hybridized carbons (Fsp3) is 0.222. The molecule has 3 rings (SSSR count). The molecule has 0 spiro atoms. The molecule has 26 heavy (non-hydrogen) atoms. The molecule has 0 bridgehead atoms. The van der Waals surface area contributed by atoms with Gasteiger partial charge in [-0.25, -0.2) is 9.97 Å². The predicted octanol–water partition coefficient (Wildman–Crippen LogP) is 2.20. The van der Waals surface area contributed by atoms with E-state index in [4.69, 9.17) is 4.74 Å². The SMILES string of the molecule is COc1cccc(-c2cc(C(=O)Nc3cnc(N(C)C)nc3)n(C)n2)c1. The van der Waals surface area contributed by atoms with Crippen molar-refractivity contribution in [2.24, 2.45) is 7.05 Å². The van der Waals surface area contributed by atoms with Gasteiger partial charge < -0.3 is 15.0 Å². The molecule has 2 heterocycles. The van der Waals surface area contributed by atoms with Crippen LogP contribution in [0.3, 0.4) is 0 Å². The molecule has 0 saturated heterocycles. The topological polar surface area (TPSA) is 85.2 Å². The van der Waals surface area contributed by atoms with E-state index in [9.17, 15) is 4.79 Å². The molecule has 0 aliphatic carbocycles. The summed E-state index contributed by atoms with van der Waals surface area (Å²) in [6.45, 7) is 0. The first-order chi connectivity index (χ1) is 12.5. The Morgan fingerprint density at radius 1 is 1.19 bits per heavy atom. The van der Waals surface area contributed by atoms with Crippen LogP contribution in [-0.2, 0) is 7.05 Å². The first kappa shape index (κ1) is 17.4. The first-order valence-electron chi connectivity index (χ1n) is 7.97. The fourth-order valence-corrected chi connectivity index (χ4v) is 2.42. The van der Waals surface area contributed by atoms with Crippen LogP contribution in [-0.4, -0.2) is 46.9 Å². The summed E-state index contributed by atoms with van der Waals surface area (Å²) in [7, 11) is 7.04. The summed E-state index contributed by atoms with van der Waals surface area (Å²) in [5.74, 6) is 1.02. The number of aryl methyl sites for hydroxylation is 1. The minimum Gasteiger partial charge on any atom is -0.497 e. The second-order valence-corrected chi connectivity index (χ2v) is 5.89. The zero-order valence-corrected chi connectivity index (χ0v) is 15.1. The number of rotatable bonds is 5. The third kappa shape index (κ3) is 3.64. The van der Waals surface area contributed by atoms with Crippen LogP contribution in [0.4, 0.5) is 11.6 Å². The van der Waals surface area contributed by atoms with Crippen molar-refractivity contribution in [1.82, 2.24) is 19.7 Å². The molecule has 0 atom stereocenters. The van der Waals surface area contributed by atoms with E-state index < -0.39 is 0 Å². The highest BCUT2D eigenvalue weighted by Crippen LogP contribution is 2.23. The van der Waals surface area contributed by atoms with Gasteiger partial charge in [0.25, 0.3) is 5.91 Å². The highest BCUT2D eigenvalue weighted by Gasteiger charge is 2.15. The van der Waals surface area contributed by atoms with Gasteiger partial charge in [-0.1, -0.05) is 12.1 Å². The molecule has 3 aromatic rings. The zero-order chi connectivity index (χ0) is 18.7. The van der Waals surface area contributed by atoms with Gasteiger partial charge in [-0.2, -0.15) is 5.10 Å². The predicted molar refractivity (Wildman–Crippen MR) is 99.5 cm³/mol. The number of benzene rings is 1. The molecule has 0 fully saturated rings. The van der Waals surface area contributed by atoms with E-state index in [0.29, 0.717) is 23.0 Å². The second-order valence-electron chi connectivity index (χ2n) is 5.89. The quantitative estimate of drug-likeness (QED) is 0.758. The maximum absolute atomic E-state index is 12.6. The van der Waals surface area contributed by atoms with Gasteiger partial charge in [0.1, 0.15) is 11.4 Å². The van der Waals surface area contributed by atoms with Gasteiger partial charge in [0.15, 0.2) is 0 Å². The lowest BCUT2D eigenvalue weighted by molar-refractivity contribution is 0.101. The lowest BCUT2D eigenvalue weighted by Gasteiger charge is -2.10. The fourth-order valence-electron chi connectivity index (χ4n) is 2.42. The van der Waals surface area contributed by atoms with Crippen molar-refractivity contribution in [2.75, 3.05) is 31.4 Å². The van der Waals surface area contributed by atoms with E-state index >= 15 is 0 Å². The van der Waals surface area contributed by atoms with Crippen molar-refractivity contribution in [1.29, 1.82) is 0 Å². The average Bonchev–Trinajstić information content (AvgIpc) is 3.04. The molecule has 8 nitrogen and oxygen atoms in total. The third-order valence-corrected chi connectivity index (χ3v) is 3.77. The number of nitrogens with one attached hydrogen (secondary N) is 1. The van der Waals surface area contributed by atoms with Crippen LogP contribution in [0.2, 0.25) is 0 Å². The Labute approximate surface area is 151 Å². The zero-order valence-electron chi connectivity index (χ0n) is 15.1. The molecule has 0 aliphatic heterocycles. The Bertz CT molecular complexity index is 918. The number of anilines is 2. The van der Waals surface area contributed by atoms with E-state index in [1.165, 1.54) is 0 Å². The molecule has 8 heteroatoms. The summed E-state index contributed by atoms with van der Waals surface area (Å²) < 4.78 is 6.78. The van der Waals surface area contributed by atoms with Crippen LogP contribution in [0.15, 0.2) is 42.7 Å². The molecule has 0 radical (unpaired) electrons. The van der Waals surface area contributed by atoms with E-state index in [0.717, 1.165) is 11.3 Å². The van der Waals surface area contributed by atoms with Gasteiger partial charge in [-0.3, -0.25) is 9.48 Å². The molecule has 1 N–H and O–H groups in total. The van der Waals surface area contributed by atoms with Crippen LogP contribution in [0.25, 0.3) is 11.3 Å². The maximum Gasteiger partial charge on any atom is 0.274 e. The minimum absolute atomic E-state index is 0.282. The van der Waals surface area contributed by atoms with Crippen molar-refractivity contribution in [3.63, 3.8) is 0 Å². The van der Waals surface area contributed by atoms with Crippen LogP contribution in [0, 0.1) is 0 Å². The van der Waals surface area contributed by atoms with E-state index in [1.807, 2.05) is 38.4 Å². The Kier molecular flexibility index (Phi) is 4.83. The van der Waals surface area contributed by atoms with Gasteiger partial charge in [0.05, 0.1) is 30.9 Å². The lowest BCUT2D eigenvalue weighted by Crippen LogP contribution is -2.17. The average molecular weight is 352 g/mol. The number of aromatic nitrogens is 4. The number of carbonyl (C=O) groups excluding carboxylic acids is 1. The number of hydrogen-bond donors (Lipinski definition) is 1. The Balaban J connectivity index is 1.80. The Morgan fingerprint density at radius 2 is 1.92 bits per heavy atom. The highest BCUT2D eigenvalue weighted by atomic mass is 16.5. The van der Waals surface area contributed by atoms with Crippen LogP contribution in [0.5, 0.6) is 5.75 Å². The van der Waals surface area contributed by atoms with Gasteiger partial charge >= 0.3 is 0 Å². The summed E-state index contributed by atoms with van der Waals surface area (Å²) in [5.41, 5.74) is 2.51. The van der Waals surface area contributed by atoms with Gasteiger partial charge in [0, 0.05) is 26.7 Å². The van der Waals surface area contributed by atoms with Crippen LogP contribution < -0.4 is 15.0 Å². The molecule has 0 unspecified atom stereocenters. The van der Waals surface area contributed by atoms with Crippen LogP contribution >= 0.6 is 0 Å². The van der Waals surface area contributed by atoms with Gasteiger partial charge in [-0.05, 0) is 18.2 Å². The smallest absolute Gasteiger partial charge is 0.274 e. The first-order valence-corrected chi connectivity index (χ1v) is 7.97. The van der Waals surface area contributed by atoms with Crippen molar-refractivity contribution in [2.45, 2.75) is 0 Å². The lowest BCUT2D eigenvalue weighted by atomic mass is 10.1. The molecule has 0 aliphatic rings. The number of methoxy groups -OCH3 is 1. The molecule has 0 saturated carbocycles. The number of nitrogens with zero attached hydrogens (tertiary/aromatic N) is 5. The van der Waals surface area contributed by atoms with Crippen molar-refractivity contribution in [3.8, 4) is 17.0 Å². The Morgan fingerprint density at radius 3 is 2.58 bits per heavy atom.